The van der Waals surface area contributed by atoms with Crippen LogP contribution in [0.1, 0.15) is 32.1 Å². The molecule has 0 aromatic carbocycles. The summed E-state index contributed by atoms with van der Waals surface area (Å²) in [7, 11) is 0. The van der Waals surface area contributed by atoms with E-state index in [1.165, 1.54) is 19.3 Å². The molecule has 0 N–H and O–H groups in total. The Morgan fingerprint density at radius 1 is 1.38 bits per heavy atom. The van der Waals surface area contributed by atoms with Gasteiger partial charge in [-0.25, -0.2) is 4.79 Å². The van der Waals surface area contributed by atoms with Gasteiger partial charge < -0.3 is 4.74 Å². The summed E-state index contributed by atoms with van der Waals surface area (Å²) in [5, 5.41) is 0. The van der Waals surface area contributed by atoms with Crippen molar-refractivity contribution in [2.24, 2.45) is 0 Å². The first kappa shape index (κ1) is 11.0. The molecule has 0 unspecified atom stereocenters. The Kier molecular flexibility index (Phi) is 4.77. The molecule has 1 aliphatic rings. The highest BCUT2D eigenvalue weighted by Crippen LogP contribution is 2.21. The highest BCUT2D eigenvalue weighted by Gasteiger charge is 2.18. The molecular weight excluding hydrogens is 279 g/mol. The lowest BCUT2D eigenvalue weighted by Crippen LogP contribution is -2.21. The van der Waals surface area contributed by atoms with Crippen LogP contribution in [0.5, 0.6) is 0 Å². The molecule has 0 saturated heterocycles. The summed E-state index contributed by atoms with van der Waals surface area (Å²) < 4.78 is 5.96. The van der Waals surface area contributed by atoms with Gasteiger partial charge in [0.15, 0.2) is 0 Å². The summed E-state index contributed by atoms with van der Waals surface area (Å²) in [6.07, 6.45) is 5.87. The summed E-state index contributed by atoms with van der Waals surface area (Å²) >= 11 is 2.12. The molecule has 0 atom stereocenters. The second-order valence-corrected chi connectivity index (χ2v) is 4.17. The highest BCUT2D eigenvalue weighted by atomic mass is 127. The Hall–Kier alpha value is -0.0600. The van der Waals surface area contributed by atoms with Gasteiger partial charge in [0.05, 0.1) is 0 Å². The third-order valence-electron chi connectivity index (χ3n) is 2.28. The lowest BCUT2D eigenvalue weighted by molar-refractivity contribution is -0.145. The molecule has 3 heteroatoms. The Labute approximate surface area is 92.9 Å². The SMILES string of the molecule is C=C(CI)C(=O)OC1CCCCC1. The number of ether oxygens (including phenoxy) is 1. The van der Waals surface area contributed by atoms with E-state index in [0.717, 1.165) is 12.8 Å². The molecular formula is C10H15IO2. The zero-order chi connectivity index (χ0) is 9.68. The molecule has 1 fully saturated rings. The summed E-state index contributed by atoms with van der Waals surface area (Å²) in [4.78, 5) is 11.3. The van der Waals surface area contributed by atoms with Gasteiger partial charge in [-0.15, -0.1) is 0 Å². The summed E-state index contributed by atoms with van der Waals surface area (Å²) in [5.41, 5.74) is 0.575. The molecule has 1 saturated carbocycles. The highest BCUT2D eigenvalue weighted by molar-refractivity contribution is 14.1. The third kappa shape index (κ3) is 3.67. The van der Waals surface area contributed by atoms with Crippen molar-refractivity contribution < 1.29 is 9.53 Å². The van der Waals surface area contributed by atoms with Crippen LogP contribution in [0.25, 0.3) is 0 Å². The first-order valence-electron chi connectivity index (χ1n) is 4.68. The maximum atomic E-state index is 11.3. The fourth-order valence-corrected chi connectivity index (χ4v) is 1.78. The molecule has 0 spiro atoms. The minimum absolute atomic E-state index is 0.154. The van der Waals surface area contributed by atoms with E-state index in [1.807, 2.05) is 0 Å². The van der Waals surface area contributed by atoms with Crippen LogP contribution in [-0.2, 0) is 9.53 Å². The summed E-state index contributed by atoms with van der Waals surface area (Å²) in [5.74, 6) is -0.207. The molecule has 2 nitrogen and oxygen atoms in total. The lowest BCUT2D eigenvalue weighted by atomic mass is 9.98. The van der Waals surface area contributed by atoms with Gasteiger partial charge in [0, 0.05) is 10.0 Å². The van der Waals surface area contributed by atoms with Crippen molar-refractivity contribution in [1.29, 1.82) is 0 Å². The molecule has 1 rings (SSSR count). The fraction of sp³-hybridized carbons (Fsp3) is 0.700. The Bertz CT molecular complexity index is 195. The number of hydrogen-bond acceptors (Lipinski definition) is 2. The van der Waals surface area contributed by atoms with Gasteiger partial charge >= 0.3 is 5.97 Å². The predicted molar refractivity (Wildman–Crippen MR) is 61.0 cm³/mol. The maximum Gasteiger partial charge on any atom is 0.334 e. The number of carbonyl (C=O) groups is 1. The van der Waals surface area contributed by atoms with E-state index < -0.39 is 0 Å². The monoisotopic (exact) mass is 294 g/mol. The van der Waals surface area contributed by atoms with E-state index in [0.29, 0.717) is 10.0 Å². The van der Waals surface area contributed by atoms with Crippen LogP contribution >= 0.6 is 22.6 Å². The predicted octanol–water partition coefficient (Wildman–Crippen LogP) is 2.85. The zero-order valence-electron chi connectivity index (χ0n) is 7.72. The minimum atomic E-state index is -0.207. The normalized spacial score (nSPS) is 18.2. The zero-order valence-corrected chi connectivity index (χ0v) is 9.88. The van der Waals surface area contributed by atoms with Gasteiger partial charge in [-0.1, -0.05) is 35.6 Å². The second-order valence-electron chi connectivity index (χ2n) is 3.40. The molecule has 0 radical (unpaired) electrons. The van der Waals surface area contributed by atoms with Crippen molar-refractivity contribution in [3.8, 4) is 0 Å². The lowest BCUT2D eigenvalue weighted by Gasteiger charge is -2.21. The van der Waals surface area contributed by atoms with Crippen LogP contribution in [0.15, 0.2) is 12.2 Å². The maximum absolute atomic E-state index is 11.3. The number of alkyl halides is 1. The van der Waals surface area contributed by atoms with Gasteiger partial charge in [-0.3, -0.25) is 0 Å². The first-order valence-corrected chi connectivity index (χ1v) is 6.21. The number of carbonyl (C=O) groups excluding carboxylic acids is 1. The molecule has 0 aromatic heterocycles. The van der Waals surface area contributed by atoms with Gasteiger partial charge in [-0.05, 0) is 25.7 Å². The second kappa shape index (κ2) is 5.62. The molecule has 13 heavy (non-hydrogen) atoms. The van der Waals surface area contributed by atoms with Crippen LogP contribution < -0.4 is 0 Å². The molecule has 0 bridgehead atoms. The quantitative estimate of drug-likeness (QED) is 0.346. The van der Waals surface area contributed by atoms with Crippen molar-refractivity contribution in [2.45, 2.75) is 38.2 Å². The fourth-order valence-electron chi connectivity index (χ4n) is 1.47. The number of esters is 1. The third-order valence-corrected chi connectivity index (χ3v) is 3.20. The molecule has 0 amide bonds. The van der Waals surface area contributed by atoms with Crippen LogP contribution in [0.3, 0.4) is 0 Å². The van der Waals surface area contributed by atoms with Crippen molar-refractivity contribution in [2.75, 3.05) is 4.43 Å². The van der Waals surface area contributed by atoms with Crippen LogP contribution in [0.4, 0.5) is 0 Å². The van der Waals surface area contributed by atoms with Crippen molar-refractivity contribution in [1.82, 2.24) is 0 Å². The Morgan fingerprint density at radius 2 is 2.00 bits per heavy atom. The molecule has 1 aliphatic carbocycles. The van der Waals surface area contributed by atoms with E-state index in [2.05, 4.69) is 29.2 Å². The van der Waals surface area contributed by atoms with E-state index in [9.17, 15) is 4.79 Å². The molecule has 0 heterocycles. The number of halogens is 1. The largest absolute Gasteiger partial charge is 0.459 e. The summed E-state index contributed by atoms with van der Waals surface area (Å²) in [6, 6.07) is 0. The van der Waals surface area contributed by atoms with E-state index in [4.69, 9.17) is 4.74 Å². The first-order chi connectivity index (χ1) is 6.24. The van der Waals surface area contributed by atoms with Gasteiger partial charge in [-0.2, -0.15) is 0 Å². The van der Waals surface area contributed by atoms with Gasteiger partial charge in [0.2, 0.25) is 0 Å². The number of hydrogen-bond donors (Lipinski definition) is 0. The van der Waals surface area contributed by atoms with Crippen LogP contribution in [0.2, 0.25) is 0 Å². The average molecular weight is 294 g/mol. The van der Waals surface area contributed by atoms with E-state index in [1.54, 1.807) is 0 Å². The number of rotatable bonds is 3. The van der Waals surface area contributed by atoms with E-state index in [-0.39, 0.29) is 12.1 Å². The molecule has 74 valence electrons. The topological polar surface area (TPSA) is 26.3 Å². The van der Waals surface area contributed by atoms with Crippen molar-refractivity contribution in [3.05, 3.63) is 12.2 Å². The van der Waals surface area contributed by atoms with E-state index >= 15 is 0 Å². The Morgan fingerprint density at radius 3 is 2.54 bits per heavy atom. The minimum Gasteiger partial charge on any atom is -0.459 e. The van der Waals surface area contributed by atoms with Crippen molar-refractivity contribution in [3.63, 3.8) is 0 Å². The smallest absolute Gasteiger partial charge is 0.334 e. The average Bonchev–Trinajstić information content (AvgIpc) is 2.18. The standard InChI is InChI=1S/C10H15IO2/c1-8(7-11)10(12)13-9-5-3-2-4-6-9/h9H,1-7H2. The summed E-state index contributed by atoms with van der Waals surface area (Å²) in [6.45, 7) is 3.66. The van der Waals surface area contributed by atoms with Crippen LogP contribution in [-0.4, -0.2) is 16.5 Å². The van der Waals surface area contributed by atoms with Crippen molar-refractivity contribution >= 4 is 28.6 Å². The van der Waals surface area contributed by atoms with Crippen LogP contribution in [0, 0.1) is 0 Å². The molecule has 0 aromatic rings. The Balaban J connectivity index is 2.30. The van der Waals surface area contributed by atoms with Gasteiger partial charge in [0.1, 0.15) is 6.10 Å². The van der Waals surface area contributed by atoms with Gasteiger partial charge in [0.25, 0.3) is 0 Å². The molecule has 0 aliphatic heterocycles.